The smallest absolute Gasteiger partial charge is 0.161 e. The minimum Gasteiger partial charge on any atom is -0.388 e. The lowest BCUT2D eigenvalue weighted by Crippen LogP contribution is -2.44. The Balaban J connectivity index is 1.76. The number of alkyl halides is 2. The van der Waals surface area contributed by atoms with Gasteiger partial charge in [0.2, 0.25) is 0 Å². The van der Waals surface area contributed by atoms with Crippen molar-refractivity contribution in [2.24, 2.45) is 0 Å². The fourth-order valence-electron chi connectivity index (χ4n) is 3.20. The molecule has 0 spiro atoms. The first kappa shape index (κ1) is 22.7. The Bertz CT molecular complexity index is 529. The summed E-state index contributed by atoms with van der Waals surface area (Å²) in [6.07, 6.45) is 0.420. The van der Waals surface area contributed by atoms with Crippen molar-refractivity contribution in [3.05, 3.63) is 29.8 Å². The average molecular weight is 421 g/mol. The van der Waals surface area contributed by atoms with Crippen molar-refractivity contribution in [3.8, 4) is 0 Å². The maximum absolute atomic E-state index is 9.92. The number of anilines is 1. The molecule has 154 valence electrons. The van der Waals surface area contributed by atoms with E-state index in [-0.39, 0.29) is 6.61 Å². The molecule has 0 radical (unpaired) electrons. The van der Waals surface area contributed by atoms with Gasteiger partial charge in [-0.05, 0) is 37.0 Å². The molecule has 1 heterocycles. The largest absolute Gasteiger partial charge is 0.388 e. The summed E-state index contributed by atoms with van der Waals surface area (Å²) in [5, 5.41) is 21.1. The number of aliphatic hydroxyl groups is 2. The van der Waals surface area contributed by atoms with Gasteiger partial charge in [0.15, 0.2) is 6.23 Å². The summed E-state index contributed by atoms with van der Waals surface area (Å²) >= 11 is 11.7. The van der Waals surface area contributed by atoms with Gasteiger partial charge in [0.1, 0.15) is 12.2 Å². The molecule has 1 aromatic carbocycles. The predicted molar refractivity (Wildman–Crippen MR) is 109 cm³/mol. The molecule has 0 aliphatic carbocycles. The number of benzene rings is 1. The molecule has 0 saturated carbocycles. The number of aliphatic hydroxyl groups excluding tert-OH is 2. The van der Waals surface area contributed by atoms with Gasteiger partial charge < -0.3 is 19.8 Å². The van der Waals surface area contributed by atoms with Crippen LogP contribution in [0.25, 0.3) is 0 Å². The molecule has 2 N–H and O–H groups in total. The van der Waals surface area contributed by atoms with E-state index >= 15 is 0 Å². The van der Waals surface area contributed by atoms with Crippen LogP contribution in [0.1, 0.15) is 18.4 Å². The van der Waals surface area contributed by atoms with Crippen molar-refractivity contribution in [1.82, 2.24) is 5.06 Å². The Kier molecular flexibility index (Phi) is 10.1. The van der Waals surface area contributed by atoms with Crippen LogP contribution in [0.3, 0.4) is 0 Å². The summed E-state index contributed by atoms with van der Waals surface area (Å²) in [6.45, 7) is 2.32. The van der Waals surface area contributed by atoms with E-state index in [1.54, 1.807) is 12.2 Å². The average Bonchev–Trinajstić information content (AvgIpc) is 3.01. The first-order valence-corrected chi connectivity index (χ1v) is 10.4. The third kappa shape index (κ3) is 6.75. The van der Waals surface area contributed by atoms with Crippen LogP contribution >= 0.6 is 23.2 Å². The van der Waals surface area contributed by atoms with Crippen molar-refractivity contribution in [1.29, 1.82) is 0 Å². The molecule has 1 aromatic rings. The van der Waals surface area contributed by atoms with E-state index in [2.05, 4.69) is 29.2 Å². The van der Waals surface area contributed by atoms with Crippen molar-refractivity contribution < 1.29 is 19.8 Å². The quantitative estimate of drug-likeness (QED) is 0.307. The summed E-state index contributed by atoms with van der Waals surface area (Å²) in [5.41, 5.74) is 2.41. The first-order chi connectivity index (χ1) is 13.1. The second kappa shape index (κ2) is 12.1. The molecule has 6 nitrogen and oxygen atoms in total. The van der Waals surface area contributed by atoms with Crippen LogP contribution in [0.5, 0.6) is 0 Å². The monoisotopic (exact) mass is 420 g/mol. The molecule has 0 amide bonds. The number of halogens is 2. The van der Waals surface area contributed by atoms with E-state index in [1.807, 2.05) is 0 Å². The Labute approximate surface area is 171 Å². The molecule has 2 rings (SSSR count). The van der Waals surface area contributed by atoms with Crippen molar-refractivity contribution >= 4 is 28.9 Å². The van der Waals surface area contributed by atoms with E-state index in [0.717, 1.165) is 38.0 Å². The fraction of sp³-hybridized carbons (Fsp3) is 0.684. The van der Waals surface area contributed by atoms with E-state index in [9.17, 15) is 10.2 Å². The minimum absolute atomic E-state index is 0.127. The lowest BCUT2D eigenvalue weighted by Gasteiger charge is -2.27. The standard InChI is InChI=1S/C19H30Cl2N2O4/c1-26-23(19-18(25)17(24)14-27-19)11-3-2-4-15-5-7-16(8-6-15)22(12-9-20)13-10-21/h5-8,17-19,24-25H,2-4,9-14H2,1H3/t17-,18+,19+/m0/s1. The van der Waals surface area contributed by atoms with Gasteiger partial charge in [-0.25, -0.2) is 0 Å². The van der Waals surface area contributed by atoms with E-state index in [0.29, 0.717) is 18.3 Å². The highest BCUT2D eigenvalue weighted by molar-refractivity contribution is 6.18. The van der Waals surface area contributed by atoms with E-state index in [1.165, 1.54) is 5.56 Å². The highest BCUT2D eigenvalue weighted by atomic mass is 35.5. The van der Waals surface area contributed by atoms with Gasteiger partial charge in [-0.15, -0.1) is 23.2 Å². The Morgan fingerprint density at radius 1 is 1.07 bits per heavy atom. The number of aryl methyl sites for hydroxylation is 1. The van der Waals surface area contributed by atoms with Crippen LogP contribution in [-0.2, 0) is 16.0 Å². The minimum atomic E-state index is -0.943. The number of hydroxylamine groups is 2. The maximum Gasteiger partial charge on any atom is 0.161 e. The van der Waals surface area contributed by atoms with Crippen LogP contribution in [0.15, 0.2) is 24.3 Å². The fourth-order valence-corrected chi connectivity index (χ4v) is 3.61. The van der Waals surface area contributed by atoms with Gasteiger partial charge in [-0.1, -0.05) is 12.1 Å². The van der Waals surface area contributed by atoms with E-state index < -0.39 is 18.4 Å². The SMILES string of the molecule is CON(CCCCc1ccc(N(CCCl)CCCl)cc1)[C@@H]1OC[C@H](O)[C@H]1O. The summed E-state index contributed by atoms with van der Waals surface area (Å²) < 4.78 is 5.40. The number of nitrogens with zero attached hydrogens (tertiary/aromatic N) is 2. The van der Waals surface area contributed by atoms with Gasteiger partial charge in [-0.3, -0.25) is 4.84 Å². The Morgan fingerprint density at radius 2 is 1.74 bits per heavy atom. The number of hydrogen-bond donors (Lipinski definition) is 2. The topological polar surface area (TPSA) is 65.4 Å². The molecule has 1 aliphatic rings. The normalized spacial score (nSPS) is 22.5. The van der Waals surface area contributed by atoms with Gasteiger partial charge in [0.25, 0.3) is 0 Å². The number of unbranched alkanes of at least 4 members (excludes halogenated alkanes) is 1. The zero-order valence-corrected chi connectivity index (χ0v) is 17.3. The summed E-state index contributed by atoms with van der Waals surface area (Å²) in [4.78, 5) is 7.49. The third-order valence-electron chi connectivity index (χ3n) is 4.75. The van der Waals surface area contributed by atoms with Crippen LogP contribution in [0.2, 0.25) is 0 Å². The molecular formula is C19H30Cl2N2O4. The zero-order valence-electron chi connectivity index (χ0n) is 15.8. The summed E-state index contributed by atoms with van der Waals surface area (Å²) in [6, 6.07) is 8.50. The van der Waals surface area contributed by atoms with Crippen LogP contribution in [0.4, 0.5) is 5.69 Å². The lowest BCUT2D eigenvalue weighted by molar-refractivity contribution is -0.242. The highest BCUT2D eigenvalue weighted by Gasteiger charge is 2.38. The second-order valence-corrected chi connectivity index (χ2v) is 7.35. The molecule has 27 heavy (non-hydrogen) atoms. The van der Waals surface area contributed by atoms with E-state index in [4.69, 9.17) is 32.8 Å². The molecule has 1 aliphatic heterocycles. The Morgan fingerprint density at radius 3 is 2.26 bits per heavy atom. The van der Waals surface area contributed by atoms with Crippen molar-refractivity contribution in [2.45, 2.75) is 37.7 Å². The van der Waals surface area contributed by atoms with Crippen LogP contribution in [-0.4, -0.2) is 78.8 Å². The molecule has 0 bridgehead atoms. The maximum atomic E-state index is 9.92. The first-order valence-electron chi connectivity index (χ1n) is 9.35. The lowest BCUT2D eigenvalue weighted by atomic mass is 10.1. The molecule has 0 aromatic heterocycles. The molecule has 3 atom stereocenters. The predicted octanol–water partition coefficient (Wildman–Crippen LogP) is 2.23. The number of ether oxygens (including phenoxy) is 1. The van der Waals surface area contributed by atoms with Gasteiger partial charge >= 0.3 is 0 Å². The Hall–Kier alpha value is -0.600. The number of rotatable bonds is 12. The highest BCUT2D eigenvalue weighted by Crippen LogP contribution is 2.20. The van der Waals surface area contributed by atoms with Crippen molar-refractivity contribution in [3.63, 3.8) is 0 Å². The molecular weight excluding hydrogens is 391 g/mol. The molecule has 1 saturated heterocycles. The van der Waals surface area contributed by atoms with Crippen molar-refractivity contribution in [2.75, 3.05) is 50.0 Å². The van der Waals surface area contributed by atoms with Gasteiger partial charge in [0.05, 0.1) is 13.7 Å². The van der Waals surface area contributed by atoms with Crippen LogP contribution in [0, 0.1) is 0 Å². The molecule has 1 fully saturated rings. The van der Waals surface area contributed by atoms with Gasteiger partial charge in [0, 0.05) is 37.1 Å². The summed E-state index contributed by atoms with van der Waals surface area (Å²) in [7, 11) is 1.55. The summed E-state index contributed by atoms with van der Waals surface area (Å²) in [5.74, 6) is 1.15. The molecule has 8 heteroatoms. The zero-order chi connectivity index (χ0) is 19.6. The molecule has 0 unspecified atom stereocenters. The number of hydrogen-bond acceptors (Lipinski definition) is 6. The van der Waals surface area contributed by atoms with Crippen LogP contribution < -0.4 is 4.90 Å². The third-order valence-corrected chi connectivity index (χ3v) is 5.08. The van der Waals surface area contributed by atoms with Gasteiger partial charge in [-0.2, -0.15) is 5.06 Å². The second-order valence-electron chi connectivity index (χ2n) is 6.59.